The summed E-state index contributed by atoms with van der Waals surface area (Å²) in [4.78, 5) is 33.0. The van der Waals surface area contributed by atoms with E-state index in [2.05, 4.69) is 42.2 Å². The van der Waals surface area contributed by atoms with Crippen LogP contribution in [0, 0.1) is 0 Å². The second-order valence-electron chi connectivity index (χ2n) is 9.32. The fourth-order valence-corrected chi connectivity index (χ4v) is 5.70. The van der Waals surface area contributed by atoms with Gasteiger partial charge in [-0.3, -0.25) is 9.59 Å². The van der Waals surface area contributed by atoms with Crippen molar-refractivity contribution in [2.75, 3.05) is 32.7 Å². The van der Waals surface area contributed by atoms with Crippen molar-refractivity contribution in [3.8, 4) is 0 Å². The van der Waals surface area contributed by atoms with Crippen LogP contribution in [0.15, 0.2) is 30.3 Å². The Morgan fingerprint density at radius 1 is 0.967 bits per heavy atom. The van der Waals surface area contributed by atoms with Crippen LogP contribution < -0.4 is 0 Å². The van der Waals surface area contributed by atoms with Gasteiger partial charge in [0.15, 0.2) is 0 Å². The van der Waals surface area contributed by atoms with Crippen LogP contribution in [0.1, 0.15) is 63.9 Å². The number of hydrogen-bond donors (Lipinski definition) is 0. The predicted octanol–water partition coefficient (Wildman–Crippen LogP) is 3.48. The molecule has 0 aliphatic carbocycles. The standard InChI is InChI=1S/C25H37N3O2/c1-2-16-28-23(29)22-13-9-18-27(22)24(30)25(28)14-19-26(20-15-25)17-8-4-7-12-21-10-5-3-6-11-21/h3,5-6,10-11,22H,2,4,7-9,12-20H2,1H3. The Labute approximate surface area is 181 Å². The average molecular weight is 412 g/mol. The normalized spacial score (nSPS) is 24.0. The number of fused-ring (bicyclic) bond motifs is 1. The quantitative estimate of drug-likeness (QED) is 0.615. The molecular weight excluding hydrogens is 374 g/mol. The number of carbonyl (C=O) groups excluding carboxylic acids is 2. The van der Waals surface area contributed by atoms with E-state index >= 15 is 0 Å². The Morgan fingerprint density at radius 3 is 2.47 bits per heavy atom. The minimum absolute atomic E-state index is 0.183. The molecule has 3 aliphatic rings. The number of hydrogen-bond acceptors (Lipinski definition) is 3. The number of carbonyl (C=O) groups is 2. The molecule has 0 radical (unpaired) electrons. The molecule has 5 nitrogen and oxygen atoms in total. The summed E-state index contributed by atoms with van der Waals surface area (Å²) in [5.41, 5.74) is 0.853. The molecule has 3 saturated heterocycles. The molecule has 3 aliphatic heterocycles. The van der Waals surface area contributed by atoms with Crippen LogP contribution in [0.2, 0.25) is 0 Å². The van der Waals surface area contributed by atoms with Crippen LogP contribution in [-0.4, -0.2) is 70.8 Å². The van der Waals surface area contributed by atoms with E-state index in [1.165, 1.54) is 24.8 Å². The van der Waals surface area contributed by atoms with Crippen molar-refractivity contribution in [1.82, 2.24) is 14.7 Å². The predicted molar refractivity (Wildman–Crippen MR) is 119 cm³/mol. The van der Waals surface area contributed by atoms with Crippen molar-refractivity contribution in [1.29, 1.82) is 0 Å². The second kappa shape index (κ2) is 9.51. The number of piperidine rings is 1. The molecule has 5 heteroatoms. The second-order valence-corrected chi connectivity index (χ2v) is 9.32. The first-order chi connectivity index (χ1) is 14.7. The summed E-state index contributed by atoms with van der Waals surface area (Å²) >= 11 is 0. The van der Waals surface area contributed by atoms with Crippen molar-refractivity contribution in [2.24, 2.45) is 0 Å². The van der Waals surface area contributed by atoms with Crippen molar-refractivity contribution < 1.29 is 9.59 Å². The van der Waals surface area contributed by atoms with Gasteiger partial charge in [0, 0.05) is 26.2 Å². The molecule has 164 valence electrons. The third kappa shape index (κ3) is 4.14. The third-order valence-corrected chi connectivity index (χ3v) is 7.39. The zero-order chi connectivity index (χ0) is 21.0. The monoisotopic (exact) mass is 411 g/mol. The number of piperazine rings is 1. The van der Waals surface area contributed by atoms with Gasteiger partial charge in [0.05, 0.1) is 0 Å². The van der Waals surface area contributed by atoms with Crippen LogP contribution in [0.5, 0.6) is 0 Å². The Bertz CT molecular complexity index is 727. The van der Waals surface area contributed by atoms with Crippen molar-refractivity contribution in [3.63, 3.8) is 0 Å². The van der Waals surface area contributed by atoms with Gasteiger partial charge in [0.2, 0.25) is 11.8 Å². The lowest BCUT2D eigenvalue weighted by atomic mass is 9.81. The molecular formula is C25H37N3O2. The van der Waals surface area contributed by atoms with Crippen LogP contribution in [0.4, 0.5) is 0 Å². The zero-order valence-corrected chi connectivity index (χ0v) is 18.5. The SMILES string of the molecule is CCCN1C(=O)C2CCCN2C(=O)C12CCN(CCCCCc1ccccc1)CC2. The molecule has 2 amide bonds. The smallest absolute Gasteiger partial charge is 0.249 e. The molecule has 1 spiro atoms. The van der Waals surface area contributed by atoms with Crippen LogP contribution in [0.25, 0.3) is 0 Å². The summed E-state index contributed by atoms with van der Waals surface area (Å²) in [5.74, 6) is 0.448. The highest BCUT2D eigenvalue weighted by atomic mass is 16.2. The molecule has 0 bridgehead atoms. The molecule has 4 rings (SSSR count). The maximum Gasteiger partial charge on any atom is 0.249 e. The maximum absolute atomic E-state index is 13.5. The first-order valence-corrected chi connectivity index (χ1v) is 12.0. The molecule has 1 unspecified atom stereocenters. The number of benzene rings is 1. The maximum atomic E-state index is 13.5. The molecule has 1 atom stereocenters. The molecule has 1 aromatic carbocycles. The highest BCUT2D eigenvalue weighted by molar-refractivity contribution is 6.00. The highest BCUT2D eigenvalue weighted by Gasteiger charge is 2.57. The summed E-state index contributed by atoms with van der Waals surface area (Å²) < 4.78 is 0. The van der Waals surface area contributed by atoms with Crippen LogP contribution in [-0.2, 0) is 16.0 Å². The van der Waals surface area contributed by atoms with Crippen LogP contribution >= 0.6 is 0 Å². The van der Waals surface area contributed by atoms with E-state index < -0.39 is 5.54 Å². The van der Waals surface area contributed by atoms with Crippen molar-refractivity contribution >= 4 is 11.8 Å². The van der Waals surface area contributed by atoms with Gasteiger partial charge < -0.3 is 14.7 Å². The third-order valence-electron chi connectivity index (χ3n) is 7.39. The Hall–Kier alpha value is -1.88. The van der Waals surface area contributed by atoms with Gasteiger partial charge in [0.25, 0.3) is 0 Å². The topological polar surface area (TPSA) is 43.9 Å². The number of nitrogens with zero attached hydrogens (tertiary/aromatic N) is 3. The van der Waals surface area contributed by atoms with E-state index in [4.69, 9.17) is 0 Å². The van der Waals surface area contributed by atoms with Crippen molar-refractivity contribution in [2.45, 2.75) is 76.3 Å². The van der Waals surface area contributed by atoms with Gasteiger partial charge in [-0.15, -0.1) is 0 Å². The van der Waals surface area contributed by atoms with Gasteiger partial charge in [-0.2, -0.15) is 0 Å². The molecule has 0 aromatic heterocycles. The zero-order valence-electron chi connectivity index (χ0n) is 18.5. The van der Waals surface area contributed by atoms with Gasteiger partial charge in [-0.1, -0.05) is 43.7 Å². The fraction of sp³-hybridized carbons (Fsp3) is 0.680. The van der Waals surface area contributed by atoms with Gasteiger partial charge in [0.1, 0.15) is 11.6 Å². The summed E-state index contributed by atoms with van der Waals surface area (Å²) in [5, 5.41) is 0. The van der Waals surface area contributed by atoms with Crippen molar-refractivity contribution in [3.05, 3.63) is 35.9 Å². The summed E-state index contributed by atoms with van der Waals surface area (Å²) in [7, 11) is 0. The van der Waals surface area contributed by atoms with E-state index in [-0.39, 0.29) is 17.9 Å². The fourth-order valence-electron chi connectivity index (χ4n) is 5.70. The summed E-state index contributed by atoms with van der Waals surface area (Å²) in [6.07, 6.45) is 9.15. The minimum Gasteiger partial charge on any atom is -0.329 e. The molecule has 30 heavy (non-hydrogen) atoms. The Balaban J connectivity index is 1.28. The lowest BCUT2D eigenvalue weighted by molar-refractivity contribution is -0.172. The Kier molecular flexibility index (Phi) is 6.77. The summed E-state index contributed by atoms with van der Waals surface area (Å²) in [6, 6.07) is 10.5. The van der Waals surface area contributed by atoms with E-state index in [1.807, 2.05) is 9.80 Å². The van der Waals surface area contributed by atoms with Gasteiger partial charge in [-0.05, 0) is 63.5 Å². The van der Waals surface area contributed by atoms with E-state index in [9.17, 15) is 9.59 Å². The lowest BCUT2D eigenvalue weighted by Crippen LogP contribution is -2.72. The van der Waals surface area contributed by atoms with E-state index in [0.717, 1.165) is 64.7 Å². The van der Waals surface area contributed by atoms with E-state index in [0.29, 0.717) is 6.54 Å². The lowest BCUT2D eigenvalue weighted by Gasteiger charge is -2.53. The molecule has 3 fully saturated rings. The minimum atomic E-state index is -0.572. The van der Waals surface area contributed by atoms with Gasteiger partial charge >= 0.3 is 0 Å². The Morgan fingerprint density at radius 2 is 1.73 bits per heavy atom. The number of likely N-dealkylation sites (tertiary alicyclic amines) is 1. The van der Waals surface area contributed by atoms with Crippen LogP contribution in [0.3, 0.4) is 0 Å². The first kappa shape index (κ1) is 21.4. The first-order valence-electron chi connectivity index (χ1n) is 12.0. The largest absolute Gasteiger partial charge is 0.329 e. The highest BCUT2D eigenvalue weighted by Crippen LogP contribution is 2.39. The molecule has 1 aromatic rings. The number of aryl methyl sites for hydroxylation is 1. The number of unbranched alkanes of at least 4 members (excludes halogenated alkanes) is 2. The van der Waals surface area contributed by atoms with E-state index in [1.54, 1.807) is 0 Å². The average Bonchev–Trinajstić information content (AvgIpc) is 3.27. The molecule has 3 heterocycles. The van der Waals surface area contributed by atoms with Gasteiger partial charge in [-0.25, -0.2) is 0 Å². The summed E-state index contributed by atoms with van der Waals surface area (Å²) in [6.45, 7) is 6.55. The number of rotatable bonds is 8. The molecule has 0 N–H and O–H groups in total. The molecule has 0 saturated carbocycles. The number of amides is 2.